The van der Waals surface area contributed by atoms with Gasteiger partial charge in [0.25, 0.3) is 0 Å². The van der Waals surface area contributed by atoms with Crippen LogP contribution < -0.4 is 21.3 Å². The molecule has 28 heavy (non-hydrogen) atoms. The molecule has 2 amide bonds. The van der Waals surface area contributed by atoms with Crippen LogP contribution in [-0.4, -0.2) is 42.1 Å². The van der Waals surface area contributed by atoms with Gasteiger partial charge < -0.3 is 16.4 Å². The van der Waals surface area contributed by atoms with E-state index < -0.39 is 6.29 Å². The third kappa shape index (κ3) is 4.59. The maximum Gasteiger partial charge on any atom is 0.329 e. The van der Waals surface area contributed by atoms with Crippen LogP contribution in [0.25, 0.3) is 0 Å². The molecule has 0 saturated carbocycles. The van der Waals surface area contributed by atoms with Crippen molar-refractivity contribution in [3.8, 4) is 0 Å². The van der Waals surface area contributed by atoms with Gasteiger partial charge in [-0.3, -0.25) is 14.8 Å². The van der Waals surface area contributed by atoms with E-state index in [1.54, 1.807) is 30.4 Å². The number of anilines is 3. The topological polar surface area (TPSA) is 98.9 Å². The van der Waals surface area contributed by atoms with Gasteiger partial charge in [0.2, 0.25) is 0 Å². The molecule has 1 unspecified atom stereocenters. The molecule has 8 nitrogen and oxygen atoms in total. The molecule has 0 fully saturated rings. The Hall–Kier alpha value is -3.55. The maximum absolute atomic E-state index is 13.0. The summed E-state index contributed by atoms with van der Waals surface area (Å²) in [6.45, 7) is 4.28. The Morgan fingerprint density at radius 2 is 2.07 bits per heavy atom. The average molecular weight is 379 g/mol. The van der Waals surface area contributed by atoms with Gasteiger partial charge in [0.05, 0.1) is 23.9 Å². The highest BCUT2D eigenvalue weighted by Gasteiger charge is 2.20. The van der Waals surface area contributed by atoms with Crippen molar-refractivity contribution in [2.45, 2.75) is 20.1 Å². The molecule has 1 aliphatic heterocycles. The van der Waals surface area contributed by atoms with Gasteiger partial charge in [-0.05, 0) is 56.0 Å². The fourth-order valence-electron chi connectivity index (χ4n) is 2.75. The SMILES string of the molecule is Cc1ccc(NC2/N=C/N(C)C(=O)N(c3cc(N)ccc3C)C/C=C/N2)cn1. The minimum Gasteiger partial charge on any atom is -0.399 e. The summed E-state index contributed by atoms with van der Waals surface area (Å²) < 4.78 is 0. The van der Waals surface area contributed by atoms with Crippen molar-refractivity contribution in [1.82, 2.24) is 15.2 Å². The summed E-state index contributed by atoms with van der Waals surface area (Å²) in [4.78, 5) is 24.8. The molecule has 2 aromatic rings. The number of nitrogens with one attached hydrogen (secondary N) is 2. The second-order valence-corrected chi connectivity index (χ2v) is 6.62. The first-order valence-electron chi connectivity index (χ1n) is 8.98. The van der Waals surface area contributed by atoms with Gasteiger partial charge in [-0.25, -0.2) is 9.79 Å². The smallest absolute Gasteiger partial charge is 0.329 e. The highest BCUT2D eigenvalue weighted by atomic mass is 16.2. The van der Waals surface area contributed by atoms with Crippen LogP contribution in [0.1, 0.15) is 11.3 Å². The van der Waals surface area contributed by atoms with E-state index in [-0.39, 0.29) is 6.03 Å². The first-order chi connectivity index (χ1) is 13.4. The van der Waals surface area contributed by atoms with Crippen LogP contribution in [0.5, 0.6) is 0 Å². The summed E-state index contributed by atoms with van der Waals surface area (Å²) in [5.41, 5.74) is 10.0. The number of pyridine rings is 1. The van der Waals surface area contributed by atoms with E-state index >= 15 is 0 Å². The van der Waals surface area contributed by atoms with E-state index in [4.69, 9.17) is 5.73 Å². The molecule has 146 valence electrons. The van der Waals surface area contributed by atoms with Gasteiger partial charge in [0.1, 0.15) is 0 Å². The molecule has 1 aromatic carbocycles. The lowest BCUT2D eigenvalue weighted by Crippen LogP contribution is -2.43. The fraction of sp³-hybridized carbons (Fsp3) is 0.250. The minimum atomic E-state index is -0.434. The zero-order chi connectivity index (χ0) is 20.1. The van der Waals surface area contributed by atoms with Gasteiger partial charge in [0, 0.05) is 25.0 Å². The molecule has 0 aliphatic carbocycles. The van der Waals surface area contributed by atoms with Crippen LogP contribution in [0.2, 0.25) is 0 Å². The summed E-state index contributed by atoms with van der Waals surface area (Å²) in [5.74, 6) is 0. The number of benzene rings is 1. The number of amides is 2. The number of hydrogen-bond donors (Lipinski definition) is 3. The Kier molecular flexibility index (Phi) is 5.78. The Bertz CT molecular complexity index is 892. The summed E-state index contributed by atoms with van der Waals surface area (Å²) in [6, 6.07) is 9.19. The van der Waals surface area contributed by atoms with Crippen LogP contribution in [-0.2, 0) is 0 Å². The van der Waals surface area contributed by atoms with Gasteiger partial charge in [-0.1, -0.05) is 6.07 Å². The zero-order valence-corrected chi connectivity index (χ0v) is 16.3. The number of urea groups is 1. The number of rotatable bonds is 3. The Balaban J connectivity index is 1.80. The lowest BCUT2D eigenvalue weighted by atomic mass is 10.1. The van der Waals surface area contributed by atoms with E-state index in [0.29, 0.717) is 12.2 Å². The van der Waals surface area contributed by atoms with Gasteiger partial charge in [-0.15, -0.1) is 0 Å². The number of hydrogen-bond acceptors (Lipinski definition) is 6. The Labute approximate surface area is 164 Å². The molecule has 0 saturated heterocycles. The first-order valence-corrected chi connectivity index (χ1v) is 8.98. The van der Waals surface area contributed by atoms with Crippen molar-refractivity contribution < 1.29 is 4.79 Å². The van der Waals surface area contributed by atoms with Crippen molar-refractivity contribution in [1.29, 1.82) is 0 Å². The standard InChI is InChI=1S/C20H25N7O/c1-14-5-7-16(21)11-18(14)27-10-4-9-22-19(24-13-26(3)20(27)28)25-17-8-6-15(2)23-12-17/h4-9,11-13,19,22,25H,10,21H2,1-3H3/b9-4+,24-13+. The molecule has 0 bridgehead atoms. The van der Waals surface area contributed by atoms with E-state index in [1.165, 1.54) is 11.2 Å². The zero-order valence-electron chi connectivity index (χ0n) is 16.3. The Morgan fingerprint density at radius 1 is 1.25 bits per heavy atom. The average Bonchev–Trinajstić information content (AvgIpc) is 2.68. The molecule has 2 heterocycles. The summed E-state index contributed by atoms with van der Waals surface area (Å²) >= 11 is 0. The van der Waals surface area contributed by atoms with Crippen molar-refractivity contribution in [2.75, 3.05) is 29.5 Å². The second-order valence-electron chi connectivity index (χ2n) is 6.62. The van der Waals surface area contributed by atoms with E-state index in [2.05, 4.69) is 20.6 Å². The molecule has 4 N–H and O–H groups in total. The van der Waals surface area contributed by atoms with Crippen LogP contribution in [0.3, 0.4) is 0 Å². The number of aryl methyl sites for hydroxylation is 2. The number of aliphatic imine (C=N–C) groups is 1. The summed E-state index contributed by atoms with van der Waals surface area (Å²) in [7, 11) is 1.68. The summed E-state index contributed by atoms with van der Waals surface area (Å²) in [6.07, 6.45) is 6.47. The predicted molar refractivity (Wildman–Crippen MR) is 113 cm³/mol. The lowest BCUT2D eigenvalue weighted by molar-refractivity contribution is 0.234. The minimum absolute atomic E-state index is 0.195. The maximum atomic E-state index is 13.0. The second kappa shape index (κ2) is 8.43. The quantitative estimate of drug-likeness (QED) is 0.712. The molecule has 1 atom stereocenters. The lowest BCUT2D eigenvalue weighted by Gasteiger charge is -2.28. The van der Waals surface area contributed by atoms with E-state index in [9.17, 15) is 4.79 Å². The number of nitrogens with two attached hydrogens (primary N) is 1. The third-order valence-corrected chi connectivity index (χ3v) is 4.32. The number of carbonyl (C=O) groups is 1. The number of aromatic nitrogens is 1. The van der Waals surface area contributed by atoms with Crippen molar-refractivity contribution in [2.24, 2.45) is 4.99 Å². The third-order valence-electron chi connectivity index (χ3n) is 4.32. The van der Waals surface area contributed by atoms with Crippen LogP contribution in [0.15, 0.2) is 53.8 Å². The summed E-state index contributed by atoms with van der Waals surface area (Å²) in [5, 5.41) is 6.41. The van der Waals surface area contributed by atoms with Crippen molar-refractivity contribution >= 4 is 29.4 Å². The van der Waals surface area contributed by atoms with Gasteiger partial charge >= 0.3 is 6.03 Å². The molecule has 0 radical (unpaired) electrons. The predicted octanol–water partition coefficient (Wildman–Crippen LogP) is 2.68. The van der Waals surface area contributed by atoms with Crippen molar-refractivity contribution in [3.63, 3.8) is 0 Å². The van der Waals surface area contributed by atoms with E-state index in [0.717, 1.165) is 22.6 Å². The van der Waals surface area contributed by atoms with Crippen LogP contribution in [0, 0.1) is 13.8 Å². The number of nitrogens with zero attached hydrogens (tertiary/aromatic N) is 4. The van der Waals surface area contributed by atoms with Crippen LogP contribution in [0.4, 0.5) is 21.9 Å². The first kappa shape index (κ1) is 19.2. The fourth-order valence-corrected chi connectivity index (χ4v) is 2.75. The number of carbonyl (C=O) groups excluding carboxylic acids is 1. The normalized spacial score (nSPS) is 19.7. The van der Waals surface area contributed by atoms with Crippen LogP contribution >= 0.6 is 0 Å². The molecule has 1 aromatic heterocycles. The molecule has 1 aliphatic rings. The molecule has 0 spiro atoms. The highest BCUT2D eigenvalue weighted by Crippen LogP contribution is 2.24. The molecular formula is C20H25N7O. The largest absolute Gasteiger partial charge is 0.399 e. The molecule has 3 rings (SSSR count). The van der Waals surface area contributed by atoms with E-state index in [1.807, 2.05) is 44.2 Å². The molecule has 8 heteroatoms. The monoisotopic (exact) mass is 379 g/mol. The number of nitrogen functional groups attached to an aromatic ring is 1. The van der Waals surface area contributed by atoms with Gasteiger partial charge in [0.15, 0.2) is 6.29 Å². The highest BCUT2D eigenvalue weighted by molar-refractivity contribution is 5.99. The van der Waals surface area contributed by atoms with Gasteiger partial charge in [-0.2, -0.15) is 0 Å². The molecular weight excluding hydrogens is 354 g/mol. The van der Waals surface area contributed by atoms with Crippen molar-refractivity contribution in [3.05, 3.63) is 60.1 Å². The Morgan fingerprint density at radius 3 is 2.82 bits per heavy atom.